The molecule has 0 radical (unpaired) electrons. The molecule has 76 valence electrons. The lowest BCUT2D eigenvalue weighted by molar-refractivity contribution is 0.206. The Kier molecular flexibility index (Phi) is 3.67. The molecule has 0 atom stereocenters. The lowest BCUT2D eigenvalue weighted by Gasteiger charge is -2.07. The topological polar surface area (TPSA) is 74.7 Å². The molecular weight excluding hydrogens is 294 g/mol. The van der Waals surface area contributed by atoms with Gasteiger partial charge in [-0.2, -0.15) is 8.42 Å². The average Bonchev–Trinajstić information content (AvgIpc) is 2.46. The van der Waals surface area contributed by atoms with Gasteiger partial charge in [0, 0.05) is 0 Å². The van der Waals surface area contributed by atoms with Crippen molar-refractivity contribution in [1.82, 2.24) is 0 Å². The molecule has 1 amide bonds. The predicted octanol–water partition coefficient (Wildman–Crippen LogP) is 1.63. The van der Waals surface area contributed by atoms with Crippen molar-refractivity contribution in [3.05, 3.63) is 15.9 Å². The lowest BCUT2D eigenvalue weighted by Crippen LogP contribution is -2.26. The summed E-state index contributed by atoms with van der Waals surface area (Å²) in [5.41, 5.74) is 0.598. The van der Waals surface area contributed by atoms with E-state index < -0.39 is 16.4 Å². The van der Waals surface area contributed by atoms with Crippen LogP contribution in [0.4, 0.5) is 9.80 Å². The summed E-state index contributed by atoms with van der Waals surface area (Å²) in [6.45, 7) is 0. The number of halogens is 1. The van der Waals surface area contributed by atoms with E-state index in [4.69, 9.17) is 5.11 Å². The first-order valence-corrected chi connectivity index (χ1v) is 5.96. The van der Waals surface area contributed by atoms with Gasteiger partial charge in [-0.25, -0.2) is 9.69 Å². The van der Waals surface area contributed by atoms with E-state index in [0.29, 0.717) is 15.4 Å². The van der Waals surface area contributed by atoms with Crippen LogP contribution in [0.15, 0.2) is 15.9 Å². The van der Waals surface area contributed by atoms with E-state index in [2.05, 4.69) is 15.9 Å². The zero-order valence-corrected chi connectivity index (χ0v) is 9.76. The highest BCUT2D eigenvalue weighted by atomic mass is 79.9. The van der Waals surface area contributed by atoms with Crippen molar-refractivity contribution in [2.75, 3.05) is 4.90 Å². The van der Waals surface area contributed by atoms with E-state index in [1.54, 1.807) is 6.07 Å². The Balaban J connectivity index is 3.13. The SMILES string of the molecule is O=C(O)N(C=S(=O)=O)c1ccc(Br)s1. The Morgan fingerprint density at radius 3 is 2.57 bits per heavy atom. The maximum atomic E-state index is 10.7. The van der Waals surface area contributed by atoms with Gasteiger partial charge in [-0.3, -0.25) is 0 Å². The van der Waals surface area contributed by atoms with E-state index in [0.717, 1.165) is 15.1 Å². The molecule has 0 bridgehead atoms. The highest BCUT2D eigenvalue weighted by Crippen LogP contribution is 2.29. The molecule has 1 N–H and O–H groups in total. The quantitative estimate of drug-likeness (QED) is 0.842. The summed E-state index contributed by atoms with van der Waals surface area (Å²) >= 11 is 4.27. The van der Waals surface area contributed by atoms with Crippen molar-refractivity contribution in [3.63, 3.8) is 0 Å². The van der Waals surface area contributed by atoms with Crippen molar-refractivity contribution in [3.8, 4) is 0 Å². The second-order valence-electron chi connectivity index (χ2n) is 2.10. The third-order valence-corrected chi connectivity index (χ3v) is 3.20. The number of carbonyl (C=O) groups is 1. The van der Waals surface area contributed by atoms with Crippen molar-refractivity contribution in [1.29, 1.82) is 0 Å². The number of hydrogen-bond acceptors (Lipinski definition) is 4. The van der Waals surface area contributed by atoms with Gasteiger partial charge in [0.2, 0.25) is 10.3 Å². The minimum absolute atomic E-state index is 0.313. The van der Waals surface area contributed by atoms with Gasteiger partial charge in [0.1, 0.15) is 10.5 Å². The van der Waals surface area contributed by atoms with E-state index in [9.17, 15) is 13.2 Å². The normalized spacial score (nSPS) is 9.50. The molecule has 14 heavy (non-hydrogen) atoms. The molecule has 1 rings (SSSR count). The molecule has 0 aliphatic carbocycles. The van der Waals surface area contributed by atoms with Gasteiger partial charge in [0.25, 0.3) is 0 Å². The molecule has 1 aromatic rings. The maximum Gasteiger partial charge on any atom is 0.417 e. The highest BCUT2D eigenvalue weighted by molar-refractivity contribution is 9.11. The van der Waals surface area contributed by atoms with Gasteiger partial charge in [0.05, 0.1) is 3.79 Å². The molecule has 1 heterocycles. The monoisotopic (exact) mass is 297 g/mol. The standard InChI is InChI=1S/C6H4BrNO4S2/c7-4-1-2-5(13-4)8(6(9)10)3-14(11)12/h1-3H,(H,9,10). The van der Waals surface area contributed by atoms with Crippen LogP contribution in [-0.2, 0) is 10.3 Å². The second kappa shape index (κ2) is 4.58. The first kappa shape index (κ1) is 11.2. The Morgan fingerprint density at radius 1 is 1.57 bits per heavy atom. The zero-order chi connectivity index (χ0) is 10.7. The second-order valence-corrected chi connectivity index (χ2v) is 5.27. The van der Waals surface area contributed by atoms with Crippen LogP contribution in [0.25, 0.3) is 0 Å². The van der Waals surface area contributed by atoms with Crippen molar-refractivity contribution in [2.24, 2.45) is 0 Å². The molecule has 1 aromatic heterocycles. The highest BCUT2D eigenvalue weighted by Gasteiger charge is 2.14. The molecule has 0 fully saturated rings. The van der Waals surface area contributed by atoms with Crippen LogP contribution in [0.3, 0.4) is 0 Å². The summed E-state index contributed by atoms with van der Waals surface area (Å²) in [7, 11) is -2.55. The fourth-order valence-corrected chi connectivity index (χ4v) is 2.48. The van der Waals surface area contributed by atoms with E-state index in [1.807, 2.05) is 0 Å². The van der Waals surface area contributed by atoms with Gasteiger partial charge < -0.3 is 5.11 Å². The van der Waals surface area contributed by atoms with Crippen LogP contribution in [-0.4, -0.2) is 25.1 Å². The number of rotatable bonds is 2. The average molecular weight is 298 g/mol. The van der Waals surface area contributed by atoms with Crippen LogP contribution in [0.2, 0.25) is 0 Å². The maximum absolute atomic E-state index is 10.7. The Hall–Kier alpha value is -0.860. The summed E-state index contributed by atoms with van der Waals surface area (Å²) in [6.07, 6.45) is -1.34. The smallest absolute Gasteiger partial charge is 0.417 e. The predicted molar refractivity (Wildman–Crippen MR) is 57.5 cm³/mol. The van der Waals surface area contributed by atoms with Crippen LogP contribution >= 0.6 is 27.3 Å². The summed E-state index contributed by atoms with van der Waals surface area (Å²) < 4.78 is 21.4. The first-order valence-electron chi connectivity index (χ1n) is 3.21. The molecule has 0 saturated heterocycles. The van der Waals surface area contributed by atoms with Crippen molar-refractivity contribution in [2.45, 2.75) is 0 Å². The number of thiophene rings is 1. The number of anilines is 1. The van der Waals surface area contributed by atoms with Gasteiger partial charge in [-0.05, 0) is 28.1 Å². The summed E-state index contributed by atoms with van der Waals surface area (Å²) in [5, 5.41) is 9.01. The van der Waals surface area contributed by atoms with Crippen LogP contribution in [0, 0.1) is 0 Å². The minimum Gasteiger partial charge on any atom is -0.464 e. The molecule has 5 nitrogen and oxygen atoms in total. The number of nitrogens with zero attached hydrogens (tertiary/aromatic N) is 1. The van der Waals surface area contributed by atoms with Gasteiger partial charge in [-0.15, -0.1) is 11.3 Å². The Bertz CT molecular complexity index is 470. The van der Waals surface area contributed by atoms with Crippen LogP contribution in [0.5, 0.6) is 0 Å². The Morgan fingerprint density at radius 2 is 2.21 bits per heavy atom. The number of hydrogen-bond donors (Lipinski definition) is 1. The number of amides is 1. The molecule has 8 heteroatoms. The first-order chi connectivity index (χ1) is 6.50. The molecule has 0 unspecified atom stereocenters. The van der Waals surface area contributed by atoms with Crippen molar-refractivity contribution >= 4 is 54.1 Å². The zero-order valence-electron chi connectivity index (χ0n) is 6.55. The van der Waals surface area contributed by atoms with E-state index in [1.165, 1.54) is 6.07 Å². The van der Waals surface area contributed by atoms with Crippen LogP contribution < -0.4 is 4.90 Å². The van der Waals surface area contributed by atoms with E-state index in [-0.39, 0.29) is 0 Å². The lowest BCUT2D eigenvalue weighted by atomic mass is 10.6. The summed E-state index contributed by atoms with van der Waals surface area (Å²) in [4.78, 5) is 11.3. The van der Waals surface area contributed by atoms with Crippen molar-refractivity contribution < 1.29 is 18.3 Å². The summed E-state index contributed by atoms with van der Waals surface area (Å²) in [5.74, 6) is 0. The fraction of sp³-hybridized carbons (Fsp3) is 0. The summed E-state index contributed by atoms with van der Waals surface area (Å²) in [6, 6.07) is 3.14. The molecule has 0 spiro atoms. The third kappa shape index (κ3) is 2.82. The molecular formula is C6H4BrNO4S2. The molecule has 0 aromatic carbocycles. The third-order valence-electron chi connectivity index (χ3n) is 1.19. The van der Waals surface area contributed by atoms with Gasteiger partial charge >= 0.3 is 6.09 Å². The van der Waals surface area contributed by atoms with Crippen LogP contribution in [0.1, 0.15) is 0 Å². The molecule has 0 aliphatic rings. The number of carboxylic acid groups (broad SMARTS) is 1. The fourth-order valence-electron chi connectivity index (χ4n) is 0.712. The largest absolute Gasteiger partial charge is 0.464 e. The van der Waals surface area contributed by atoms with Gasteiger partial charge in [-0.1, -0.05) is 0 Å². The molecule has 0 saturated carbocycles. The van der Waals surface area contributed by atoms with Gasteiger partial charge in [0.15, 0.2) is 0 Å². The van der Waals surface area contributed by atoms with E-state index >= 15 is 0 Å². The minimum atomic E-state index is -2.55. The molecule has 0 aliphatic heterocycles. The Labute approximate surface area is 93.2 Å².